The number of nitrogens with two attached hydrogens (primary N) is 1. The van der Waals surface area contributed by atoms with Gasteiger partial charge in [-0.2, -0.15) is 0 Å². The molecule has 0 aromatic heterocycles. The van der Waals surface area contributed by atoms with Crippen LogP contribution < -0.4 is 11.1 Å². The molecule has 0 aromatic rings. The van der Waals surface area contributed by atoms with Crippen molar-refractivity contribution in [2.24, 2.45) is 23.5 Å². The Labute approximate surface area is 231 Å². The zero-order valence-electron chi connectivity index (χ0n) is 23.8. The predicted octanol–water partition coefficient (Wildman–Crippen LogP) is 3.79. The van der Waals surface area contributed by atoms with Crippen molar-refractivity contribution in [3.05, 3.63) is 65.3 Å². The molecule has 2 radical (unpaired) electrons. The van der Waals surface area contributed by atoms with Crippen LogP contribution in [-0.2, 0) is 28.6 Å². The minimum atomic E-state index is -0.962. The highest BCUT2D eigenvalue weighted by molar-refractivity contribution is 6.23. The summed E-state index contributed by atoms with van der Waals surface area (Å²) in [6.07, 6.45) is 5.73. The van der Waals surface area contributed by atoms with Gasteiger partial charge in [-0.15, -0.1) is 0 Å². The minimum absolute atomic E-state index is 0.0632. The van der Waals surface area contributed by atoms with E-state index in [1.807, 2.05) is 19.9 Å². The molecule has 2 aliphatic rings. The number of fused-ring (bicyclic) bond motifs is 2. The van der Waals surface area contributed by atoms with Gasteiger partial charge in [0.15, 0.2) is 11.9 Å². The number of allylic oxidation sites excluding steroid dienone is 6. The number of primary amides is 1. The lowest BCUT2D eigenvalue weighted by Crippen LogP contribution is -2.35. The Morgan fingerprint density at radius 1 is 1.10 bits per heavy atom. The van der Waals surface area contributed by atoms with E-state index in [-0.39, 0.29) is 40.8 Å². The highest BCUT2D eigenvalue weighted by atomic mass is 16.6. The van der Waals surface area contributed by atoms with Gasteiger partial charge in [-0.3, -0.25) is 14.4 Å². The monoisotopic (exact) mass is 540 g/mol. The number of methoxy groups -OCH3 is 2. The van der Waals surface area contributed by atoms with Gasteiger partial charge in [0.05, 0.1) is 11.8 Å². The number of nitrogens with one attached hydrogen (secondary N) is 1. The smallest absolute Gasteiger partial charge is 0.405 e. The molecule has 9 nitrogen and oxygen atoms in total. The van der Waals surface area contributed by atoms with Gasteiger partial charge < -0.3 is 25.3 Å². The lowest BCUT2D eigenvalue weighted by molar-refractivity contribution is -0.120. The van der Waals surface area contributed by atoms with Gasteiger partial charge in [-0.25, -0.2) is 4.79 Å². The number of ether oxygens (including phenoxy) is 3. The number of amides is 2. The van der Waals surface area contributed by atoms with Crippen LogP contribution in [0, 0.1) is 24.7 Å². The second kappa shape index (κ2) is 14.2. The first kappa shape index (κ1) is 31.9. The average Bonchev–Trinajstić information content (AvgIpc) is 2.88. The van der Waals surface area contributed by atoms with Crippen LogP contribution in [0.1, 0.15) is 47.5 Å². The molecule has 0 spiro atoms. The molecule has 39 heavy (non-hydrogen) atoms. The highest BCUT2D eigenvalue weighted by Crippen LogP contribution is 2.31. The molecule has 0 fully saturated rings. The highest BCUT2D eigenvalue weighted by Gasteiger charge is 2.31. The standard InChI is InChI=1S/C30H40N2O7/c1-16-12-22-21(6)24(33)15-23(27(22)34)32-29(35)17(2)10-9-11-25(37-7)28(39-30(31)36)19(4)14-18(3)20(5)26(13-16)38-8/h5,9-11,14-16,18,20,25-26,28H,12-13H2,1-4,6-8H3,(H2,31,36)(H,32,35)/b11-9-,17-10+,19-14+/t16-,18+,20-,25+,26+,28+/m1/s1. The zero-order chi connectivity index (χ0) is 29.4. The molecule has 0 saturated heterocycles. The zero-order valence-corrected chi connectivity index (χ0v) is 23.8. The third kappa shape index (κ3) is 8.34. The number of hydrogen-bond acceptors (Lipinski definition) is 7. The van der Waals surface area contributed by atoms with Gasteiger partial charge in [0.25, 0.3) is 5.91 Å². The van der Waals surface area contributed by atoms with E-state index < -0.39 is 30.1 Å². The molecule has 1 heterocycles. The van der Waals surface area contributed by atoms with Crippen molar-refractivity contribution in [3.8, 4) is 0 Å². The number of ketones is 2. The molecule has 0 unspecified atom stereocenters. The molecule has 0 saturated carbocycles. The van der Waals surface area contributed by atoms with E-state index in [1.54, 1.807) is 40.0 Å². The number of rotatable bonds is 3. The second-order valence-corrected chi connectivity index (χ2v) is 10.3. The average molecular weight is 541 g/mol. The maximum Gasteiger partial charge on any atom is 0.405 e. The minimum Gasteiger partial charge on any atom is -0.439 e. The largest absolute Gasteiger partial charge is 0.439 e. The molecular formula is C30H40N2O7. The molecule has 1 aliphatic heterocycles. The van der Waals surface area contributed by atoms with Crippen molar-refractivity contribution < 1.29 is 33.4 Å². The summed E-state index contributed by atoms with van der Waals surface area (Å²) < 4.78 is 16.7. The maximum absolute atomic E-state index is 13.3. The molecular weight excluding hydrogens is 500 g/mol. The van der Waals surface area contributed by atoms with Crippen molar-refractivity contribution in [3.63, 3.8) is 0 Å². The summed E-state index contributed by atoms with van der Waals surface area (Å²) in [5, 5.41) is 2.57. The summed E-state index contributed by atoms with van der Waals surface area (Å²) in [6.45, 7) is 15.5. The second-order valence-electron chi connectivity index (χ2n) is 10.3. The van der Waals surface area contributed by atoms with E-state index in [0.717, 1.165) is 6.08 Å². The number of Topliss-reactive ketones (excluding diaryl/α,β-unsaturated/α-hetero) is 1. The fourth-order valence-corrected chi connectivity index (χ4v) is 4.78. The molecule has 6 atom stereocenters. The first-order chi connectivity index (χ1) is 18.3. The van der Waals surface area contributed by atoms with E-state index >= 15 is 0 Å². The van der Waals surface area contributed by atoms with Crippen molar-refractivity contribution >= 4 is 23.6 Å². The summed E-state index contributed by atoms with van der Waals surface area (Å²) in [6, 6.07) is 0. The van der Waals surface area contributed by atoms with E-state index in [9.17, 15) is 19.2 Å². The fourth-order valence-electron chi connectivity index (χ4n) is 4.78. The van der Waals surface area contributed by atoms with Crippen molar-refractivity contribution in [1.82, 2.24) is 5.32 Å². The van der Waals surface area contributed by atoms with Crippen LogP contribution in [0.15, 0.2) is 58.4 Å². The lowest BCUT2D eigenvalue weighted by atomic mass is 9.81. The summed E-state index contributed by atoms with van der Waals surface area (Å²) in [4.78, 5) is 50.5. The van der Waals surface area contributed by atoms with Gasteiger partial charge in [0, 0.05) is 37.0 Å². The molecule has 9 heteroatoms. The Kier molecular flexibility index (Phi) is 11.6. The van der Waals surface area contributed by atoms with Crippen LogP contribution in [-0.4, -0.2) is 56.1 Å². The first-order valence-corrected chi connectivity index (χ1v) is 12.9. The molecule has 212 valence electrons. The third-order valence-corrected chi connectivity index (χ3v) is 7.18. The topological polar surface area (TPSA) is 134 Å². The number of carbonyl (C=O) groups is 4. The molecule has 0 aromatic carbocycles. The van der Waals surface area contributed by atoms with Crippen molar-refractivity contribution in [2.45, 2.75) is 65.8 Å². The Morgan fingerprint density at radius 2 is 1.77 bits per heavy atom. The Balaban J connectivity index is 2.58. The van der Waals surface area contributed by atoms with Crippen LogP contribution in [0.2, 0.25) is 0 Å². The van der Waals surface area contributed by atoms with Crippen LogP contribution in [0.25, 0.3) is 0 Å². The summed E-state index contributed by atoms with van der Waals surface area (Å²) in [7, 11) is 3.04. The van der Waals surface area contributed by atoms with Gasteiger partial charge in [0.1, 0.15) is 6.10 Å². The summed E-state index contributed by atoms with van der Waals surface area (Å²) in [5.41, 5.74) is 6.97. The molecule has 2 bridgehead atoms. The molecule has 2 amide bonds. The van der Waals surface area contributed by atoms with Crippen LogP contribution in [0.5, 0.6) is 0 Å². The van der Waals surface area contributed by atoms with Gasteiger partial charge >= 0.3 is 6.09 Å². The summed E-state index contributed by atoms with van der Waals surface area (Å²) >= 11 is 0. The van der Waals surface area contributed by atoms with Gasteiger partial charge in [-0.1, -0.05) is 38.2 Å². The Morgan fingerprint density at radius 3 is 2.36 bits per heavy atom. The van der Waals surface area contributed by atoms with Gasteiger partial charge in [-0.05, 0) is 63.9 Å². The van der Waals surface area contributed by atoms with Crippen LogP contribution in [0.4, 0.5) is 4.79 Å². The lowest BCUT2D eigenvalue weighted by Gasteiger charge is -2.30. The molecule has 3 N–H and O–H groups in total. The van der Waals surface area contributed by atoms with E-state index in [0.29, 0.717) is 29.6 Å². The number of carbonyl (C=O) groups excluding carboxylic acids is 4. The first-order valence-electron chi connectivity index (χ1n) is 12.9. The molecule has 2 rings (SSSR count). The number of hydrogen-bond donors (Lipinski definition) is 2. The Hall–Kier alpha value is -3.30. The van der Waals surface area contributed by atoms with E-state index in [4.69, 9.17) is 26.9 Å². The summed E-state index contributed by atoms with van der Waals surface area (Å²) in [5.74, 6) is -1.93. The van der Waals surface area contributed by atoms with Gasteiger partial charge in [0.2, 0.25) is 5.78 Å². The maximum atomic E-state index is 13.3. The normalized spacial score (nSPS) is 33.3. The predicted molar refractivity (Wildman–Crippen MR) is 147 cm³/mol. The van der Waals surface area contributed by atoms with E-state index in [1.165, 1.54) is 13.2 Å². The van der Waals surface area contributed by atoms with Crippen LogP contribution >= 0.6 is 0 Å². The van der Waals surface area contributed by atoms with E-state index in [2.05, 4.69) is 5.32 Å². The van der Waals surface area contributed by atoms with Crippen LogP contribution in [0.3, 0.4) is 0 Å². The SMILES string of the molecule is [CH][C@H]1[C@@H](OC)C[C@H](C)CC2=C(C)C(=O)C=C(NC(=O)/C(C)=C/C=C\[C@H](OC)[C@@H](OC(N)=O)/C(C)=C/[C@@H]1C)C2=O. The molecule has 1 aliphatic carbocycles. The van der Waals surface area contributed by atoms with Crippen molar-refractivity contribution in [1.29, 1.82) is 0 Å². The quantitative estimate of drug-likeness (QED) is 0.411. The Bertz CT molecular complexity index is 1130. The van der Waals surface area contributed by atoms with Crippen molar-refractivity contribution in [2.75, 3.05) is 14.2 Å². The fraction of sp³-hybridized carbons (Fsp3) is 0.500. The third-order valence-electron chi connectivity index (χ3n) is 7.18.